The Hall–Kier alpha value is -2.84. The van der Waals surface area contributed by atoms with Crippen LogP contribution in [-0.4, -0.2) is 70.2 Å². The van der Waals surface area contributed by atoms with Crippen LogP contribution in [0.2, 0.25) is 0 Å². The summed E-state index contributed by atoms with van der Waals surface area (Å²) >= 11 is 0. The Morgan fingerprint density at radius 2 is 1.85 bits per heavy atom. The molecule has 0 atom stereocenters. The van der Waals surface area contributed by atoms with Crippen LogP contribution in [0.3, 0.4) is 0 Å². The first-order valence-electron chi connectivity index (χ1n) is 12.5. The van der Waals surface area contributed by atoms with Crippen LogP contribution in [-0.2, 0) is 0 Å². The third-order valence-electron chi connectivity index (χ3n) is 6.94. The average molecular weight is 465 g/mol. The van der Waals surface area contributed by atoms with Gasteiger partial charge in [-0.05, 0) is 89.1 Å². The number of halogens is 1. The maximum Gasteiger partial charge on any atom is 0.259 e. The topological polar surface area (TPSA) is 70.3 Å². The lowest BCUT2D eigenvalue weighted by molar-refractivity contribution is 0.0925. The fraction of sp³-hybridized carbons (Fsp3) is 0.500. The van der Waals surface area contributed by atoms with Crippen molar-refractivity contribution in [2.75, 3.05) is 44.6 Å². The molecule has 0 unspecified atom stereocenters. The molecule has 1 aromatic carbocycles. The number of rotatable bonds is 8. The number of likely N-dealkylation sites (tertiary alicyclic amines) is 2. The lowest BCUT2D eigenvalue weighted by Crippen LogP contribution is -2.46. The summed E-state index contributed by atoms with van der Waals surface area (Å²) in [6.45, 7) is 7.07. The van der Waals surface area contributed by atoms with Gasteiger partial charge in [0.05, 0.1) is 5.56 Å². The van der Waals surface area contributed by atoms with Crippen LogP contribution < -0.4 is 5.32 Å². The molecule has 5 rings (SSSR count). The number of anilines is 1. The second-order valence-corrected chi connectivity index (χ2v) is 9.32. The highest BCUT2D eigenvalue weighted by Crippen LogP contribution is 2.23. The lowest BCUT2D eigenvalue weighted by atomic mass is 10.00. The minimum atomic E-state index is -0.331. The third-order valence-corrected chi connectivity index (χ3v) is 6.94. The number of nitrogens with zero attached hydrogens (tertiary/aromatic N) is 5. The summed E-state index contributed by atoms with van der Waals surface area (Å²) in [5, 5.41) is 7.37. The van der Waals surface area contributed by atoms with Crippen molar-refractivity contribution >= 4 is 5.82 Å². The van der Waals surface area contributed by atoms with Gasteiger partial charge in [0.15, 0.2) is 0 Å². The van der Waals surface area contributed by atoms with Gasteiger partial charge < -0.3 is 19.6 Å². The molecular formula is C26H33FN6O. The molecule has 0 spiro atoms. The van der Waals surface area contributed by atoms with E-state index in [-0.39, 0.29) is 5.82 Å². The number of benzene rings is 1. The van der Waals surface area contributed by atoms with E-state index >= 15 is 0 Å². The molecule has 0 bridgehead atoms. The van der Waals surface area contributed by atoms with Crippen LogP contribution in [0.4, 0.5) is 10.2 Å². The molecule has 34 heavy (non-hydrogen) atoms. The lowest BCUT2D eigenvalue weighted by Gasteiger charge is -2.40. The second-order valence-electron chi connectivity index (χ2n) is 9.32. The van der Waals surface area contributed by atoms with E-state index < -0.39 is 0 Å². The molecule has 180 valence electrons. The molecule has 2 fully saturated rings. The van der Waals surface area contributed by atoms with E-state index in [0.29, 0.717) is 17.3 Å². The zero-order valence-corrected chi connectivity index (χ0v) is 19.6. The average Bonchev–Trinajstić information content (AvgIpc) is 3.38. The molecule has 7 nitrogen and oxygen atoms in total. The first-order chi connectivity index (χ1) is 16.7. The van der Waals surface area contributed by atoms with Gasteiger partial charge in [-0.15, -0.1) is 0 Å². The van der Waals surface area contributed by atoms with Crippen molar-refractivity contribution < 1.29 is 8.91 Å². The van der Waals surface area contributed by atoms with E-state index in [1.807, 2.05) is 12.1 Å². The number of nitrogens with one attached hydrogen (secondary N) is 1. The largest absolute Gasteiger partial charge is 0.370 e. The van der Waals surface area contributed by atoms with Gasteiger partial charge >= 0.3 is 0 Å². The van der Waals surface area contributed by atoms with Gasteiger partial charge in [0.1, 0.15) is 11.6 Å². The number of piperidine rings is 2. The summed E-state index contributed by atoms with van der Waals surface area (Å²) in [5.41, 5.74) is 1.31. The predicted octanol–water partition coefficient (Wildman–Crippen LogP) is 4.69. The summed E-state index contributed by atoms with van der Waals surface area (Å²) in [4.78, 5) is 14.2. The first-order valence-corrected chi connectivity index (χ1v) is 12.5. The standard InChI is InChI=1S/C26H33FN6O/c27-22-7-4-6-20(18-22)25-30-26(34-31-25)21-8-9-24(29-19-21)28-12-5-13-32-16-10-23(11-17-32)33-14-2-1-3-15-33/h4,6-9,18-19,23H,1-3,5,10-17H2,(H,28,29). The van der Waals surface area contributed by atoms with Crippen LogP contribution in [0.1, 0.15) is 38.5 Å². The van der Waals surface area contributed by atoms with Crippen LogP contribution in [0.25, 0.3) is 22.8 Å². The summed E-state index contributed by atoms with van der Waals surface area (Å²) in [6.07, 6.45) is 9.61. The van der Waals surface area contributed by atoms with E-state index in [2.05, 4.69) is 30.2 Å². The Morgan fingerprint density at radius 1 is 1.00 bits per heavy atom. The van der Waals surface area contributed by atoms with Crippen molar-refractivity contribution in [2.24, 2.45) is 0 Å². The number of pyridine rings is 1. The van der Waals surface area contributed by atoms with Gasteiger partial charge in [0.25, 0.3) is 5.89 Å². The SMILES string of the molecule is Fc1cccc(-c2noc(-c3ccc(NCCCN4CCC(N5CCCCC5)CC4)nc3)n2)c1. The minimum absolute atomic E-state index is 0.331. The molecule has 2 saturated heterocycles. The third kappa shape index (κ3) is 5.80. The Bertz CT molecular complexity index is 1040. The first kappa shape index (κ1) is 22.9. The molecule has 0 amide bonds. The normalized spacial score (nSPS) is 18.3. The number of aromatic nitrogens is 3. The second kappa shape index (κ2) is 11.1. The zero-order chi connectivity index (χ0) is 23.2. The minimum Gasteiger partial charge on any atom is -0.370 e. The van der Waals surface area contributed by atoms with Crippen LogP contribution in [0.5, 0.6) is 0 Å². The van der Waals surface area contributed by atoms with Crippen LogP contribution in [0.15, 0.2) is 47.1 Å². The van der Waals surface area contributed by atoms with E-state index in [0.717, 1.165) is 36.9 Å². The summed E-state index contributed by atoms with van der Waals surface area (Å²) in [7, 11) is 0. The van der Waals surface area contributed by atoms with Gasteiger partial charge in [0, 0.05) is 24.3 Å². The quantitative estimate of drug-likeness (QED) is 0.485. The zero-order valence-electron chi connectivity index (χ0n) is 19.6. The summed E-state index contributed by atoms with van der Waals surface area (Å²) in [6, 6.07) is 10.8. The summed E-state index contributed by atoms with van der Waals surface area (Å²) < 4.78 is 18.8. The fourth-order valence-corrected chi connectivity index (χ4v) is 5.02. The Labute approximate surface area is 200 Å². The van der Waals surface area contributed by atoms with E-state index in [1.165, 1.54) is 70.4 Å². The van der Waals surface area contributed by atoms with Gasteiger partial charge in [0.2, 0.25) is 5.82 Å². The van der Waals surface area contributed by atoms with Crippen molar-refractivity contribution in [1.82, 2.24) is 24.9 Å². The Kier molecular flexibility index (Phi) is 7.46. The van der Waals surface area contributed by atoms with Gasteiger partial charge in [-0.3, -0.25) is 0 Å². The Morgan fingerprint density at radius 3 is 2.62 bits per heavy atom. The number of hydrogen-bond donors (Lipinski definition) is 1. The maximum absolute atomic E-state index is 13.4. The maximum atomic E-state index is 13.4. The molecule has 3 aromatic rings. The smallest absolute Gasteiger partial charge is 0.259 e. The molecule has 1 N–H and O–H groups in total. The van der Waals surface area contributed by atoms with E-state index in [4.69, 9.17) is 4.52 Å². The van der Waals surface area contributed by atoms with Crippen LogP contribution >= 0.6 is 0 Å². The highest BCUT2D eigenvalue weighted by molar-refractivity contribution is 5.60. The van der Waals surface area contributed by atoms with Crippen LogP contribution in [0, 0.1) is 5.82 Å². The monoisotopic (exact) mass is 464 g/mol. The molecule has 2 aliphatic rings. The van der Waals surface area contributed by atoms with Crippen molar-refractivity contribution in [3.8, 4) is 22.8 Å². The van der Waals surface area contributed by atoms with E-state index in [9.17, 15) is 4.39 Å². The van der Waals surface area contributed by atoms with Crippen molar-refractivity contribution in [2.45, 2.75) is 44.6 Å². The van der Waals surface area contributed by atoms with Gasteiger partial charge in [-0.2, -0.15) is 4.98 Å². The van der Waals surface area contributed by atoms with Gasteiger partial charge in [-0.25, -0.2) is 9.37 Å². The molecule has 0 saturated carbocycles. The predicted molar refractivity (Wildman–Crippen MR) is 131 cm³/mol. The van der Waals surface area contributed by atoms with E-state index in [1.54, 1.807) is 18.3 Å². The molecule has 4 heterocycles. The summed E-state index contributed by atoms with van der Waals surface area (Å²) in [5.74, 6) is 1.23. The van der Waals surface area contributed by atoms with Crippen molar-refractivity contribution in [1.29, 1.82) is 0 Å². The molecule has 0 aliphatic carbocycles. The molecule has 8 heteroatoms. The van der Waals surface area contributed by atoms with Crippen molar-refractivity contribution in [3.63, 3.8) is 0 Å². The molecule has 2 aliphatic heterocycles. The Balaban J connectivity index is 1.04. The molecule has 2 aromatic heterocycles. The van der Waals surface area contributed by atoms with Gasteiger partial charge in [-0.1, -0.05) is 23.7 Å². The highest BCUT2D eigenvalue weighted by Gasteiger charge is 2.25. The molecular weight excluding hydrogens is 431 g/mol. The highest BCUT2D eigenvalue weighted by atomic mass is 19.1. The number of hydrogen-bond acceptors (Lipinski definition) is 7. The van der Waals surface area contributed by atoms with Crippen molar-refractivity contribution in [3.05, 3.63) is 48.4 Å². The fourth-order valence-electron chi connectivity index (χ4n) is 5.02. The molecule has 0 radical (unpaired) electrons.